The van der Waals surface area contributed by atoms with Gasteiger partial charge >= 0.3 is 0 Å². The molecule has 1 atom stereocenters. The van der Waals surface area contributed by atoms with Crippen molar-refractivity contribution in [2.45, 2.75) is 25.8 Å². The van der Waals surface area contributed by atoms with Crippen molar-refractivity contribution >= 4 is 15.9 Å². The van der Waals surface area contributed by atoms with Crippen molar-refractivity contribution in [3.8, 4) is 0 Å². The van der Waals surface area contributed by atoms with Crippen LogP contribution in [0.15, 0.2) is 46.9 Å². The monoisotopic (exact) mass is 321 g/mol. The van der Waals surface area contributed by atoms with Crippen LogP contribution < -0.4 is 5.73 Å². The minimum atomic E-state index is -0.201. The maximum absolute atomic E-state index is 13.8. The molecular formula is C16H17BrFN. The summed E-state index contributed by atoms with van der Waals surface area (Å²) in [6.07, 6.45) is 1.44. The topological polar surface area (TPSA) is 26.0 Å². The molecule has 3 heteroatoms. The molecule has 0 aliphatic rings. The first-order valence-electron chi connectivity index (χ1n) is 6.39. The van der Waals surface area contributed by atoms with E-state index < -0.39 is 0 Å². The van der Waals surface area contributed by atoms with Gasteiger partial charge in [-0.1, -0.05) is 47.1 Å². The van der Waals surface area contributed by atoms with E-state index >= 15 is 0 Å². The number of hydrogen-bond donors (Lipinski definition) is 1. The number of halogens is 2. The van der Waals surface area contributed by atoms with Gasteiger partial charge in [0, 0.05) is 10.5 Å². The van der Waals surface area contributed by atoms with Crippen molar-refractivity contribution < 1.29 is 4.39 Å². The average Bonchev–Trinajstić information content (AvgIpc) is 2.42. The predicted molar refractivity (Wildman–Crippen MR) is 80.6 cm³/mol. The van der Waals surface area contributed by atoms with Gasteiger partial charge in [-0.05, 0) is 47.7 Å². The third-order valence-corrected chi connectivity index (χ3v) is 3.78. The molecule has 0 aliphatic carbocycles. The molecule has 19 heavy (non-hydrogen) atoms. The van der Waals surface area contributed by atoms with Crippen molar-refractivity contribution in [2.75, 3.05) is 0 Å². The number of hydrogen-bond acceptors (Lipinski definition) is 1. The zero-order valence-electron chi connectivity index (χ0n) is 10.9. The zero-order chi connectivity index (χ0) is 13.8. The second-order valence-electron chi connectivity index (χ2n) is 4.60. The van der Waals surface area contributed by atoms with E-state index in [0.29, 0.717) is 12.0 Å². The predicted octanol–water partition coefficient (Wildman–Crippen LogP) is 4.39. The summed E-state index contributed by atoms with van der Waals surface area (Å²) in [6, 6.07) is 12.9. The molecule has 0 aliphatic heterocycles. The SMILES string of the molecule is CCc1ccccc1C(N)Cc1cc(Br)ccc1F. The molecule has 0 saturated heterocycles. The van der Waals surface area contributed by atoms with Gasteiger partial charge in [0.25, 0.3) is 0 Å². The fraction of sp³-hybridized carbons (Fsp3) is 0.250. The van der Waals surface area contributed by atoms with Gasteiger partial charge in [-0.25, -0.2) is 4.39 Å². The molecule has 0 bridgehead atoms. The molecule has 0 radical (unpaired) electrons. The average molecular weight is 322 g/mol. The second-order valence-corrected chi connectivity index (χ2v) is 5.51. The first kappa shape index (κ1) is 14.2. The van der Waals surface area contributed by atoms with Crippen LogP contribution in [0, 0.1) is 5.82 Å². The van der Waals surface area contributed by atoms with Crippen LogP contribution in [0.1, 0.15) is 29.7 Å². The molecule has 2 N–H and O–H groups in total. The fourth-order valence-electron chi connectivity index (χ4n) is 2.26. The van der Waals surface area contributed by atoms with Crippen LogP contribution in [0.3, 0.4) is 0 Å². The third kappa shape index (κ3) is 3.43. The van der Waals surface area contributed by atoms with Crippen molar-refractivity contribution in [1.82, 2.24) is 0 Å². The van der Waals surface area contributed by atoms with E-state index in [1.165, 1.54) is 11.6 Å². The van der Waals surface area contributed by atoms with E-state index in [2.05, 4.69) is 28.9 Å². The minimum Gasteiger partial charge on any atom is -0.324 e. The summed E-state index contributed by atoms with van der Waals surface area (Å²) in [5.41, 5.74) is 9.21. The van der Waals surface area contributed by atoms with Crippen LogP contribution in [-0.4, -0.2) is 0 Å². The highest BCUT2D eigenvalue weighted by molar-refractivity contribution is 9.10. The smallest absolute Gasteiger partial charge is 0.126 e. The van der Waals surface area contributed by atoms with Gasteiger partial charge < -0.3 is 5.73 Å². The Hall–Kier alpha value is -1.19. The number of benzene rings is 2. The first-order chi connectivity index (χ1) is 9.11. The first-order valence-corrected chi connectivity index (χ1v) is 7.18. The van der Waals surface area contributed by atoms with Crippen molar-refractivity contribution in [2.24, 2.45) is 5.73 Å². The summed E-state index contributed by atoms with van der Waals surface area (Å²) in [7, 11) is 0. The van der Waals surface area contributed by atoms with Crippen molar-refractivity contribution in [3.05, 3.63) is 69.4 Å². The molecular weight excluding hydrogens is 305 g/mol. The van der Waals surface area contributed by atoms with Gasteiger partial charge in [-0.2, -0.15) is 0 Å². The highest BCUT2D eigenvalue weighted by Crippen LogP contribution is 2.23. The van der Waals surface area contributed by atoms with E-state index in [0.717, 1.165) is 16.5 Å². The minimum absolute atomic E-state index is 0.181. The maximum atomic E-state index is 13.8. The largest absolute Gasteiger partial charge is 0.324 e. The summed E-state index contributed by atoms with van der Waals surface area (Å²) in [5, 5.41) is 0. The number of rotatable bonds is 4. The maximum Gasteiger partial charge on any atom is 0.126 e. The van der Waals surface area contributed by atoms with E-state index in [-0.39, 0.29) is 11.9 Å². The summed E-state index contributed by atoms with van der Waals surface area (Å²) in [6.45, 7) is 2.10. The quantitative estimate of drug-likeness (QED) is 0.887. The molecule has 1 nitrogen and oxygen atoms in total. The lowest BCUT2D eigenvalue weighted by Gasteiger charge is -2.16. The van der Waals surface area contributed by atoms with Gasteiger partial charge in [0.15, 0.2) is 0 Å². The molecule has 0 heterocycles. The summed E-state index contributed by atoms with van der Waals surface area (Å²) < 4.78 is 14.6. The van der Waals surface area contributed by atoms with Gasteiger partial charge in [0.2, 0.25) is 0 Å². The van der Waals surface area contributed by atoms with Crippen LogP contribution in [-0.2, 0) is 12.8 Å². The summed E-state index contributed by atoms with van der Waals surface area (Å²) in [5.74, 6) is -0.201. The Morgan fingerprint density at radius 1 is 1.16 bits per heavy atom. The molecule has 0 spiro atoms. The van der Waals surface area contributed by atoms with E-state index in [1.54, 1.807) is 12.1 Å². The molecule has 2 rings (SSSR count). The van der Waals surface area contributed by atoms with Gasteiger partial charge in [0.05, 0.1) is 0 Å². The van der Waals surface area contributed by atoms with Gasteiger partial charge in [-0.15, -0.1) is 0 Å². The Morgan fingerprint density at radius 2 is 1.89 bits per heavy atom. The Kier molecular flexibility index (Phi) is 4.72. The number of aryl methyl sites for hydroxylation is 1. The van der Waals surface area contributed by atoms with E-state index in [4.69, 9.17) is 5.73 Å². The number of nitrogens with two attached hydrogens (primary N) is 1. The molecule has 2 aromatic rings. The van der Waals surface area contributed by atoms with Crippen molar-refractivity contribution in [1.29, 1.82) is 0 Å². The van der Waals surface area contributed by atoms with Crippen LogP contribution in [0.25, 0.3) is 0 Å². The second kappa shape index (κ2) is 6.31. The molecule has 0 fully saturated rings. The van der Waals surface area contributed by atoms with Crippen LogP contribution >= 0.6 is 15.9 Å². The Balaban J connectivity index is 2.25. The standard InChI is InChI=1S/C16H17BrFN/c1-2-11-5-3-4-6-14(11)16(19)10-12-9-13(17)7-8-15(12)18/h3-9,16H,2,10,19H2,1H3. The van der Waals surface area contributed by atoms with E-state index in [9.17, 15) is 4.39 Å². The van der Waals surface area contributed by atoms with Gasteiger partial charge in [-0.3, -0.25) is 0 Å². The Bertz CT molecular complexity index is 568. The lowest BCUT2D eigenvalue weighted by molar-refractivity contribution is 0.592. The van der Waals surface area contributed by atoms with Crippen molar-refractivity contribution in [3.63, 3.8) is 0 Å². The summed E-state index contributed by atoms with van der Waals surface area (Å²) >= 11 is 3.36. The Morgan fingerprint density at radius 3 is 2.63 bits per heavy atom. The van der Waals surface area contributed by atoms with Crippen LogP contribution in [0.2, 0.25) is 0 Å². The molecule has 1 unspecified atom stereocenters. The van der Waals surface area contributed by atoms with Crippen LogP contribution in [0.5, 0.6) is 0 Å². The molecule has 0 amide bonds. The molecule has 0 aromatic heterocycles. The van der Waals surface area contributed by atoms with Crippen LogP contribution in [0.4, 0.5) is 4.39 Å². The summed E-state index contributed by atoms with van der Waals surface area (Å²) in [4.78, 5) is 0. The highest BCUT2D eigenvalue weighted by Gasteiger charge is 2.13. The fourth-order valence-corrected chi connectivity index (χ4v) is 2.67. The molecule has 0 saturated carbocycles. The third-order valence-electron chi connectivity index (χ3n) is 3.28. The molecule has 100 valence electrons. The zero-order valence-corrected chi connectivity index (χ0v) is 12.5. The van der Waals surface area contributed by atoms with E-state index in [1.807, 2.05) is 18.2 Å². The Labute approximate surface area is 121 Å². The lowest BCUT2D eigenvalue weighted by Crippen LogP contribution is -2.16. The normalized spacial score (nSPS) is 12.4. The molecule has 2 aromatic carbocycles. The lowest BCUT2D eigenvalue weighted by atomic mass is 9.94. The highest BCUT2D eigenvalue weighted by atomic mass is 79.9. The van der Waals surface area contributed by atoms with Gasteiger partial charge in [0.1, 0.15) is 5.82 Å².